The van der Waals surface area contributed by atoms with Crippen LogP contribution in [0.15, 0.2) is 16.7 Å². The van der Waals surface area contributed by atoms with Crippen LogP contribution in [0.1, 0.15) is 0 Å². The van der Waals surface area contributed by atoms with E-state index in [1.807, 2.05) is 0 Å². The Bertz CT molecular complexity index is 358. The van der Waals surface area contributed by atoms with Crippen LogP contribution in [0, 0.1) is 5.82 Å². The van der Waals surface area contributed by atoms with Gasteiger partial charge >= 0.3 is 0 Å². The summed E-state index contributed by atoms with van der Waals surface area (Å²) < 4.78 is 19.3. The molecule has 1 unspecified atom stereocenters. The number of hydrogen-bond acceptors (Lipinski definition) is 4. The van der Waals surface area contributed by atoms with E-state index in [-0.39, 0.29) is 17.7 Å². The number of aromatic nitrogens is 1. The molecule has 0 saturated carbocycles. The van der Waals surface area contributed by atoms with Crippen LogP contribution in [-0.2, 0) is 4.74 Å². The average Bonchev–Trinajstić information content (AvgIpc) is 2.29. The van der Waals surface area contributed by atoms with Gasteiger partial charge in [-0.1, -0.05) is 0 Å². The first-order valence-corrected chi connectivity index (χ1v) is 5.91. The molecular weight excluding hydrogens is 277 g/mol. The largest absolute Gasteiger partial charge is 0.378 e. The molecule has 1 aliphatic rings. The topological polar surface area (TPSA) is 46.2 Å². The van der Waals surface area contributed by atoms with Gasteiger partial charge in [-0.25, -0.2) is 9.37 Å². The third-order valence-corrected chi connectivity index (χ3v) is 2.76. The second-order valence-electron chi connectivity index (χ2n) is 3.59. The van der Waals surface area contributed by atoms with Crippen molar-refractivity contribution < 1.29 is 9.13 Å². The molecule has 2 N–H and O–H groups in total. The fraction of sp³-hybridized carbons (Fsp3) is 0.500. The van der Waals surface area contributed by atoms with Crippen molar-refractivity contribution in [1.29, 1.82) is 0 Å². The zero-order chi connectivity index (χ0) is 11.4. The predicted molar refractivity (Wildman–Crippen MR) is 63.0 cm³/mol. The lowest BCUT2D eigenvalue weighted by Crippen LogP contribution is -2.45. The number of hydrogen-bond donors (Lipinski definition) is 2. The van der Waals surface area contributed by atoms with Gasteiger partial charge in [0.05, 0.1) is 13.2 Å². The van der Waals surface area contributed by atoms with E-state index < -0.39 is 0 Å². The summed E-state index contributed by atoms with van der Waals surface area (Å²) >= 11 is 3.16. The van der Waals surface area contributed by atoms with Gasteiger partial charge in [-0.3, -0.25) is 0 Å². The van der Waals surface area contributed by atoms with Crippen LogP contribution in [0.2, 0.25) is 0 Å². The van der Waals surface area contributed by atoms with Crippen molar-refractivity contribution in [1.82, 2.24) is 10.3 Å². The van der Waals surface area contributed by atoms with E-state index in [1.54, 1.807) is 6.20 Å². The monoisotopic (exact) mass is 289 g/mol. The summed E-state index contributed by atoms with van der Waals surface area (Å²) in [4.78, 5) is 3.96. The Morgan fingerprint density at radius 1 is 1.69 bits per heavy atom. The third kappa shape index (κ3) is 3.13. The molecule has 0 bridgehead atoms. The van der Waals surface area contributed by atoms with Crippen molar-refractivity contribution in [3.63, 3.8) is 0 Å². The summed E-state index contributed by atoms with van der Waals surface area (Å²) in [6.45, 7) is 2.82. The molecule has 1 aromatic rings. The molecular formula is C10H13BrFN3O. The first kappa shape index (κ1) is 11.8. The lowest BCUT2D eigenvalue weighted by atomic mass is 10.3. The van der Waals surface area contributed by atoms with Crippen LogP contribution >= 0.6 is 15.9 Å². The van der Waals surface area contributed by atoms with Gasteiger partial charge in [0.2, 0.25) is 0 Å². The Morgan fingerprint density at radius 2 is 2.56 bits per heavy atom. The Labute approximate surface area is 102 Å². The number of nitrogens with one attached hydrogen (secondary N) is 2. The molecule has 0 aliphatic carbocycles. The molecule has 1 aromatic heterocycles. The highest BCUT2D eigenvalue weighted by Crippen LogP contribution is 2.15. The van der Waals surface area contributed by atoms with Crippen LogP contribution in [0.5, 0.6) is 0 Å². The van der Waals surface area contributed by atoms with E-state index in [4.69, 9.17) is 4.74 Å². The second kappa shape index (κ2) is 5.56. The van der Waals surface area contributed by atoms with Gasteiger partial charge in [0.15, 0.2) is 11.6 Å². The van der Waals surface area contributed by atoms with Crippen LogP contribution in [0.4, 0.5) is 10.2 Å². The lowest BCUT2D eigenvalue weighted by Gasteiger charge is -2.24. The SMILES string of the molecule is Fc1cc(Br)cnc1NCC1COCCN1. The molecule has 4 nitrogen and oxygen atoms in total. The number of anilines is 1. The smallest absolute Gasteiger partial charge is 0.166 e. The average molecular weight is 290 g/mol. The van der Waals surface area contributed by atoms with E-state index in [0.717, 1.165) is 13.2 Å². The van der Waals surface area contributed by atoms with E-state index in [0.29, 0.717) is 17.6 Å². The highest BCUT2D eigenvalue weighted by atomic mass is 79.9. The van der Waals surface area contributed by atoms with Gasteiger partial charge in [0.25, 0.3) is 0 Å². The molecule has 16 heavy (non-hydrogen) atoms. The summed E-state index contributed by atoms with van der Waals surface area (Å²) in [5.41, 5.74) is 0. The van der Waals surface area contributed by atoms with Crippen LogP contribution in [0.3, 0.4) is 0 Å². The zero-order valence-electron chi connectivity index (χ0n) is 8.67. The molecule has 0 radical (unpaired) electrons. The first-order chi connectivity index (χ1) is 7.75. The number of halogens is 2. The second-order valence-corrected chi connectivity index (χ2v) is 4.51. The minimum Gasteiger partial charge on any atom is -0.378 e. The molecule has 0 spiro atoms. The van der Waals surface area contributed by atoms with Crippen LogP contribution in [0.25, 0.3) is 0 Å². The van der Waals surface area contributed by atoms with Crippen molar-refractivity contribution >= 4 is 21.7 Å². The molecule has 2 rings (SSSR count). The van der Waals surface area contributed by atoms with Crippen molar-refractivity contribution in [2.45, 2.75) is 6.04 Å². The molecule has 88 valence electrons. The maximum absolute atomic E-state index is 13.4. The summed E-state index contributed by atoms with van der Waals surface area (Å²) in [7, 11) is 0. The molecule has 1 aliphatic heterocycles. The van der Waals surface area contributed by atoms with E-state index in [1.165, 1.54) is 6.07 Å². The standard InChI is InChI=1S/C10H13BrFN3O/c11-7-3-9(12)10(14-4-7)15-5-8-6-16-2-1-13-8/h3-4,8,13H,1-2,5-6H2,(H,14,15). The van der Waals surface area contributed by atoms with Gasteiger partial charge in [0.1, 0.15) is 0 Å². The summed E-state index contributed by atoms with van der Waals surface area (Å²) in [5, 5.41) is 6.23. The molecule has 1 saturated heterocycles. The summed E-state index contributed by atoms with van der Waals surface area (Å²) in [6.07, 6.45) is 1.57. The number of morpholine rings is 1. The van der Waals surface area contributed by atoms with Gasteiger partial charge in [-0.05, 0) is 22.0 Å². The maximum Gasteiger partial charge on any atom is 0.166 e. The zero-order valence-corrected chi connectivity index (χ0v) is 10.3. The molecule has 1 atom stereocenters. The predicted octanol–water partition coefficient (Wildman–Crippen LogP) is 1.38. The quantitative estimate of drug-likeness (QED) is 0.883. The van der Waals surface area contributed by atoms with Crippen molar-refractivity contribution in [3.05, 3.63) is 22.6 Å². The first-order valence-electron chi connectivity index (χ1n) is 5.12. The number of ether oxygens (including phenoxy) is 1. The minimum absolute atomic E-state index is 0.207. The van der Waals surface area contributed by atoms with E-state index in [9.17, 15) is 4.39 Å². The number of nitrogens with zero attached hydrogens (tertiary/aromatic N) is 1. The molecule has 6 heteroatoms. The van der Waals surface area contributed by atoms with Crippen LogP contribution in [-0.4, -0.2) is 37.3 Å². The Hall–Kier alpha value is -0.720. The fourth-order valence-corrected chi connectivity index (χ4v) is 1.82. The highest BCUT2D eigenvalue weighted by molar-refractivity contribution is 9.10. The Kier molecular flexibility index (Phi) is 4.09. The summed E-state index contributed by atoms with van der Waals surface area (Å²) in [5.74, 6) is -0.0818. The van der Waals surface area contributed by atoms with Crippen molar-refractivity contribution in [3.8, 4) is 0 Å². The summed E-state index contributed by atoms with van der Waals surface area (Å²) in [6, 6.07) is 1.60. The third-order valence-electron chi connectivity index (χ3n) is 2.32. The van der Waals surface area contributed by atoms with Gasteiger partial charge < -0.3 is 15.4 Å². The fourth-order valence-electron chi connectivity index (χ4n) is 1.52. The van der Waals surface area contributed by atoms with Gasteiger partial charge in [-0.15, -0.1) is 0 Å². The van der Waals surface area contributed by atoms with Crippen molar-refractivity contribution in [2.75, 3.05) is 31.6 Å². The van der Waals surface area contributed by atoms with Crippen molar-refractivity contribution in [2.24, 2.45) is 0 Å². The van der Waals surface area contributed by atoms with E-state index in [2.05, 4.69) is 31.5 Å². The maximum atomic E-state index is 13.4. The number of pyridine rings is 1. The molecule has 1 fully saturated rings. The molecule has 0 aromatic carbocycles. The molecule has 2 heterocycles. The Morgan fingerprint density at radius 3 is 3.25 bits per heavy atom. The normalized spacial score (nSPS) is 20.8. The van der Waals surface area contributed by atoms with Gasteiger partial charge in [-0.2, -0.15) is 0 Å². The van der Waals surface area contributed by atoms with E-state index >= 15 is 0 Å². The van der Waals surface area contributed by atoms with Crippen LogP contribution < -0.4 is 10.6 Å². The number of rotatable bonds is 3. The van der Waals surface area contributed by atoms with Gasteiger partial charge in [0, 0.05) is 29.8 Å². The molecule has 0 amide bonds. The highest BCUT2D eigenvalue weighted by Gasteiger charge is 2.13. The Balaban J connectivity index is 1.88. The minimum atomic E-state index is -0.355. The lowest BCUT2D eigenvalue weighted by molar-refractivity contribution is 0.0806.